The molecular weight excluding hydrogens is 230 g/mol. The van der Waals surface area contributed by atoms with E-state index in [1.165, 1.54) is 17.5 Å². The molecular formula is C15H24ClN. The maximum atomic E-state index is 6.24. The minimum absolute atomic E-state index is 0.574. The van der Waals surface area contributed by atoms with E-state index in [4.69, 9.17) is 11.6 Å². The Morgan fingerprint density at radius 3 is 2.53 bits per heavy atom. The topological polar surface area (TPSA) is 12.0 Å². The van der Waals surface area contributed by atoms with Crippen LogP contribution in [0.15, 0.2) is 18.2 Å². The molecule has 0 aliphatic rings. The summed E-state index contributed by atoms with van der Waals surface area (Å²) >= 11 is 6.24. The summed E-state index contributed by atoms with van der Waals surface area (Å²) in [5.74, 6) is 0.668. The Kier molecular flexibility index (Phi) is 6.01. The van der Waals surface area contributed by atoms with Crippen LogP contribution in [-0.4, -0.2) is 12.6 Å². The lowest BCUT2D eigenvalue weighted by molar-refractivity contribution is 0.476. The Morgan fingerprint density at radius 2 is 1.94 bits per heavy atom. The number of aryl methyl sites for hydroxylation is 1. The van der Waals surface area contributed by atoms with Crippen molar-refractivity contribution in [2.24, 2.45) is 5.92 Å². The molecule has 1 nitrogen and oxygen atoms in total. The molecule has 1 rings (SSSR count). The molecule has 1 aromatic rings. The van der Waals surface area contributed by atoms with Crippen LogP contribution < -0.4 is 5.32 Å². The highest BCUT2D eigenvalue weighted by Crippen LogP contribution is 2.21. The zero-order valence-corrected chi connectivity index (χ0v) is 12.1. The van der Waals surface area contributed by atoms with Gasteiger partial charge in [-0.05, 0) is 49.4 Å². The number of benzene rings is 1. The predicted molar refractivity (Wildman–Crippen MR) is 76.8 cm³/mol. The Labute approximate surface area is 111 Å². The van der Waals surface area contributed by atoms with E-state index in [0.29, 0.717) is 12.0 Å². The molecule has 0 spiro atoms. The fourth-order valence-electron chi connectivity index (χ4n) is 1.91. The van der Waals surface area contributed by atoms with Gasteiger partial charge in [0, 0.05) is 11.1 Å². The summed E-state index contributed by atoms with van der Waals surface area (Å²) in [6.45, 7) is 9.81. The fraction of sp³-hybridized carbons (Fsp3) is 0.600. The lowest BCUT2D eigenvalue weighted by atomic mass is 9.97. The Morgan fingerprint density at radius 1 is 1.24 bits per heavy atom. The molecule has 1 atom stereocenters. The summed E-state index contributed by atoms with van der Waals surface area (Å²) in [7, 11) is 0. The van der Waals surface area contributed by atoms with Crippen molar-refractivity contribution in [3.05, 3.63) is 34.3 Å². The fourth-order valence-corrected chi connectivity index (χ4v) is 2.23. The van der Waals surface area contributed by atoms with Crippen LogP contribution in [0.1, 0.15) is 38.3 Å². The molecule has 0 saturated heterocycles. The van der Waals surface area contributed by atoms with E-state index in [2.05, 4.69) is 51.2 Å². The minimum atomic E-state index is 0.574. The number of hydrogen-bond donors (Lipinski definition) is 1. The van der Waals surface area contributed by atoms with Gasteiger partial charge in [-0.15, -0.1) is 0 Å². The molecule has 1 aromatic carbocycles. The van der Waals surface area contributed by atoms with Crippen LogP contribution in [-0.2, 0) is 6.42 Å². The van der Waals surface area contributed by atoms with Crippen molar-refractivity contribution in [2.45, 2.75) is 46.6 Å². The summed E-state index contributed by atoms with van der Waals surface area (Å²) in [5, 5.41) is 4.36. The summed E-state index contributed by atoms with van der Waals surface area (Å²) in [4.78, 5) is 0. The van der Waals surface area contributed by atoms with Gasteiger partial charge in [0.05, 0.1) is 0 Å². The second kappa shape index (κ2) is 7.03. The van der Waals surface area contributed by atoms with Crippen LogP contribution in [0.25, 0.3) is 0 Å². The van der Waals surface area contributed by atoms with Gasteiger partial charge >= 0.3 is 0 Å². The first-order valence-electron chi connectivity index (χ1n) is 6.47. The molecule has 2 heteroatoms. The average molecular weight is 254 g/mol. The highest BCUT2D eigenvalue weighted by molar-refractivity contribution is 6.31. The van der Waals surface area contributed by atoms with Gasteiger partial charge in [0.25, 0.3) is 0 Å². The highest BCUT2D eigenvalue weighted by atomic mass is 35.5. The van der Waals surface area contributed by atoms with Crippen LogP contribution in [0.3, 0.4) is 0 Å². The van der Waals surface area contributed by atoms with Crippen molar-refractivity contribution in [1.82, 2.24) is 5.32 Å². The Bertz CT molecular complexity index is 347. The largest absolute Gasteiger partial charge is 0.315 e. The van der Waals surface area contributed by atoms with E-state index in [0.717, 1.165) is 18.0 Å². The van der Waals surface area contributed by atoms with Crippen molar-refractivity contribution >= 4 is 11.6 Å². The van der Waals surface area contributed by atoms with Crippen LogP contribution in [0, 0.1) is 12.8 Å². The molecule has 17 heavy (non-hydrogen) atoms. The first kappa shape index (κ1) is 14.5. The van der Waals surface area contributed by atoms with Gasteiger partial charge in [0.15, 0.2) is 0 Å². The van der Waals surface area contributed by atoms with Crippen molar-refractivity contribution in [2.75, 3.05) is 6.54 Å². The first-order chi connectivity index (χ1) is 7.99. The smallest absolute Gasteiger partial charge is 0.0440 e. The zero-order chi connectivity index (χ0) is 12.8. The third-order valence-corrected chi connectivity index (χ3v) is 3.32. The number of nitrogens with one attached hydrogen (secondary N) is 1. The van der Waals surface area contributed by atoms with E-state index >= 15 is 0 Å². The molecule has 0 aliphatic heterocycles. The molecule has 0 bridgehead atoms. The quantitative estimate of drug-likeness (QED) is 0.801. The molecule has 0 heterocycles. The summed E-state index contributed by atoms with van der Waals surface area (Å²) in [6, 6.07) is 6.92. The van der Waals surface area contributed by atoms with Gasteiger partial charge in [0.2, 0.25) is 0 Å². The van der Waals surface area contributed by atoms with E-state index < -0.39 is 0 Å². The number of halogens is 1. The third-order valence-electron chi connectivity index (χ3n) is 2.97. The summed E-state index contributed by atoms with van der Waals surface area (Å²) < 4.78 is 0. The normalized spacial score (nSPS) is 13.1. The van der Waals surface area contributed by atoms with E-state index in [-0.39, 0.29) is 0 Å². The molecule has 0 radical (unpaired) electrons. The van der Waals surface area contributed by atoms with Gasteiger partial charge in [-0.2, -0.15) is 0 Å². The minimum Gasteiger partial charge on any atom is -0.315 e. The average Bonchev–Trinajstić information content (AvgIpc) is 2.21. The molecule has 0 aromatic heterocycles. The predicted octanol–water partition coefficient (Wildman–Crippen LogP) is 4.22. The molecule has 0 fully saturated rings. The number of rotatable bonds is 6. The maximum absolute atomic E-state index is 6.24. The van der Waals surface area contributed by atoms with E-state index in [1.54, 1.807) is 0 Å². The van der Waals surface area contributed by atoms with Gasteiger partial charge in [-0.3, -0.25) is 0 Å². The Balaban J connectivity index is 2.42. The van der Waals surface area contributed by atoms with Gasteiger partial charge in [-0.25, -0.2) is 0 Å². The van der Waals surface area contributed by atoms with E-state index in [1.807, 2.05) is 0 Å². The zero-order valence-electron chi connectivity index (χ0n) is 11.4. The standard InChI is InChI=1S/C15H24ClN/c1-11(2)17-8-7-13(4)9-14-6-5-12(3)10-15(14)16/h5-6,10-11,13,17H,7-9H2,1-4H3. The lowest BCUT2D eigenvalue weighted by Gasteiger charge is -2.14. The Hall–Kier alpha value is -0.530. The monoisotopic (exact) mass is 253 g/mol. The van der Waals surface area contributed by atoms with Crippen molar-refractivity contribution in [1.29, 1.82) is 0 Å². The van der Waals surface area contributed by atoms with Crippen LogP contribution in [0.2, 0.25) is 5.02 Å². The molecule has 1 N–H and O–H groups in total. The molecule has 0 saturated carbocycles. The van der Waals surface area contributed by atoms with E-state index in [9.17, 15) is 0 Å². The molecule has 0 aliphatic carbocycles. The third kappa shape index (κ3) is 5.56. The molecule has 96 valence electrons. The van der Waals surface area contributed by atoms with Crippen molar-refractivity contribution in [3.63, 3.8) is 0 Å². The van der Waals surface area contributed by atoms with Gasteiger partial charge in [0.1, 0.15) is 0 Å². The molecule has 1 unspecified atom stereocenters. The highest BCUT2D eigenvalue weighted by Gasteiger charge is 2.07. The van der Waals surface area contributed by atoms with Gasteiger partial charge in [-0.1, -0.05) is 44.5 Å². The van der Waals surface area contributed by atoms with Crippen LogP contribution in [0.5, 0.6) is 0 Å². The summed E-state index contributed by atoms with van der Waals surface area (Å²) in [6.07, 6.45) is 2.27. The van der Waals surface area contributed by atoms with Crippen molar-refractivity contribution < 1.29 is 0 Å². The van der Waals surface area contributed by atoms with Crippen LogP contribution in [0.4, 0.5) is 0 Å². The summed E-state index contributed by atoms with van der Waals surface area (Å²) in [5.41, 5.74) is 2.50. The SMILES string of the molecule is Cc1ccc(CC(C)CCNC(C)C)c(Cl)c1. The second-order valence-electron chi connectivity index (χ2n) is 5.30. The lowest BCUT2D eigenvalue weighted by Crippen LogP contribution is -2.25. The number of hydrogen-bond acceptors (Lipinski definition) is 1. The maximum Gasteiger partial charge on any atom is 0.0440 e. The van der Waals surface area contributed by atoms with Crippen molar-refractivity contribution in [3.8, 4) is 0 Å². The second-order valence-corrected chi connectivity index (χ2v) is 5.71. The van der Waals surface area contributed by atoms with Crippen LogP contribution >= 0.6 is 11.6 Å². The first-order valence-corrected chi connectivity index (χ1v) is 6.85. The molecule has 0 amide bonds. The van der Waals surface area contributed by atoms with Gasteiger partial charge < -0.3 is 5.32 Å².